The molecule has 0 radical (unpaired) electrons. The molecule has 4 aliphatic carbocycles. The molecule has 0 aliphatic heterocycles. The Morgan fingerprint density at radius 2 is 1.67 bits per heavy atom. The van der Waals surface area contributed by atoms with E-state index >= 15 is 0 Å². The van der Waals surface area contributed by atoms with E-state index < -0.39 is 0 Å². The number of allylic oxidation sites excluding steroid dienone is 2. The van der Waals surface area contributed by atoms with Gasteiger partial charge < -0.3 is 0 Å². The molecule has 0 heterocycles. The van der Waals surface area contributed by atoms with Crippen molar-refractivity contribution < 1.29 is 4.79 Å². The Kier molecular flexibility index (Phi) is 3.57. The summed E-state index contributed by atoms with van der Waals surface area (Å²) < 4.78 is 0.353. The minimum Gasteiger partial charge on any atom is -0.287 e. The zero-order chi connectivity index (χ0) is 12.6. The van der Waals surface area contributed by atoms with Gasteiger partial charge in [0.15, 0.2) is 5.12 Å². The lowest BCUT2D eigenvalue weighted by atomic mass is 9.56. The van der Waals surface area contributed by atoms with Crippen LogP contribution in [0.4, 0.5) is 0 Å². The highest BCUT2D eigenvalue weighted by Gasteiger charge is 2.51. The molecule has 4 bridgehead atoms. The van der Waals surface area contributed by atoms with Crippen LogP contribution in [0.1, 0.15) is 58.3 Å². The molecule has 0 unspecified atom stereocenters. The van der Waals surface area contributed by atoms with E-state index in [1.807, 2.05) is 0 Å². The zero-order valence-electron chi connectivity index (χ0n) is 11.4. The van der Waals surface area contributed by atoms with Crippen molar-refractivity contribution in [2.24, 2.45) is 17.8 Å². The Balaban J connectivity index is 1.61. The van der Waals surface area contributed by atoms with Crippen molar-refractivity contribution in [1.29, 1.82) is 0 Å². The quantitative estimate of drug-likeness (QED) is 0.692. The average Bonchev–Trinajstić information content (AvgIpc) is 2.26. The summed E-state index contributed by atoms with van der Waals surface area (Å²) in [6.45, 7) is 2.12. The first-order valence-corrected chi connectivity index (χ1v) is 8.37. The van der Waals surface area contributed by atoms with Gasteiger partial charge in [0, 0.05) is 11.2 Å². The highest BCUT2D eigenvalue weighted by Crippen LogP contribution is 2.60. The summed E-state index contributed by atoms with van der Waals surface area (Å²) in [5.41, 5.74) is 0. The summed E-state index contributed by atoms with van der Waals surface area (Å²) in [5.74, 6) is 2.84. The number of carbonyl (C=O) groups excluding carboxylic acids is 1. The predicted octanol–water partition coefficient (Wildman–Crippen LogP) is 4.57. The van der Waals surface area contributed by atoms with Crippen LogP contribution in [0.25, 0.3) is 0 Å². The molecule has 4 fully saturated rings. The molecule has 0 aromatic rings. The summed E-state index contributed by atoms with van der Waals surface area (Å²) in [4.78, 5) is 12.1. The van der Waals surface area contributed by atoms with Crippen LogP contribution in [0.5, 0.6) is 0 Å². The third-order valence-electron chi connectivity index (χ3n) is 5.00. The van der Waals surface area contributed by atoms with Crippen LogP contribution in [0.15, 0.2) is 12.2 Å². The Morgan fingerprint density at radius 3 is 2.17 bits per heavy atom. The second kappa shape index (κ2) is 5.03. The van der Waals surface area contributed by atoms with E-state index in [-0.39, 0.29) is 0 Å². The number of thioether (sulfide) groups is 1. The fraction of sp³-hybridized carbons (Fsp3) is 0.812. The van der Waals surface area contributed by atoms with Gasteiger partial charge in [0.05, 0.1) is 0 Å². The molecule has 0 aromatic heterocycles. The molecule has 0 spiro atoms. The summed E-state index contributed by atoms with van der Waals surface area (Å²) in [5, 5.41) is 0.404. The van der Waals surface area contributed by atoms with Crippen molar-refractivity contribution >= 4 is 16.9 Å². The second-order valence-electron chi connectivity index (χ2n) is 6.66. The monoisotopic (exact) mass is 264 g/mol. The molecule has 0 saturated heterocycles. The smallest absolute Gasteiger partial charge is 0.193 e. The van der Waals surface area contributed by atoms with Gasteiger partial charge in [-0.05, 0) is 62.7 Å². The van der Waals surface area contributed by atoms with Gasteiger partial charge >= 0.3 is 0 Å². The van der Waals surface area contributed by atoms with Gasteiger partial charge in [0.2, 0.25) is 0 Å². The van der Waals surface area contributed by atoms with Crippen molar-refractivity contribution in [3.63, 3.8) is 0 Å². The summed E-state index contributed by atoms with van der Waals surface area (Å²) >= 11 is 1.72. The number of carbonyl (C=O) groups is 1. The van der Waals surface area contributed by atoms with Gasteiger partial charge in [-0.3, -0.25) is 4.79 Å². The first-order chi connectivity index (χ1) is 8.69. The molecule has 0 amide bonds. The van der Waals surface area contributed by atoms with Crippen LogP contribution in [-0.2, 0) is 4.79 Å². The van der Waals surface area contributed by atoms with Crippen LogP contribution in [0.3, 0.4) is 0 Å². The van der Waals surface area contributed by atoms with Crippen molar-refractivity contribution in [3.05, 3.63) is 12.2 Å². The lowest BCUT2D eigenvalue weighted by molar-refractivity contribution is -0.110. The van der Waals surface area contributed by atoms with Crippen LogP contribution < -0.4 is 0 Å². The zero-order valence-corrected chi connectivity index (χ0v) is 12.2. The van der Waals surface area contributed by atoms with Crippen LogP contribution in [0, 0.1) is 17.8 Å². The maximum absolute atomic E-state index is 12.1. The van der Waals surface area contributed by atoms with Crippen molar-refractivity contribution in [2.45, 2.75) is 63.0 Å². The molecular formula is C16H24OS. The van der Waals surface area contributed by atoms with Crippen molar-refractivity contribution in [3.8, 4) is 0 Å². The number of rotatable bonds is 4. The van der Waals surface area contributed by atoms with E-state index in [9.17, 15) is 4.79 Å². The van der Waals surface area contributed by atoms with Crippen LogP contribution in [0.2, 0.25) is 0 Å². The van der Waals surface area contributed by atoms with Gasteiger partial charge in [0.1, 0.15) is 0 Å². The SMILES string of the molecule is CC/C=C\CC(=O)SC12CC3CC(CC(C3)C1)C2. The Labute approximate surface area is 115 Å². The van der Waals surface area contributed by atoms with Gasteiger partial charge in [-0.15, -0.1) is 0 Å². The minimum absolute atomic E-state index is 0.353. The molecule has 4 saturated carbocycles. The Bertz CT molecular complexity index is 323. The topological polar surface area (TPSA) is 17.1 Å². The number of hydrogen-bond donors (Lipinski definition) is 0. The van der Waals surface area contributed by atoms with Gasteiger partial charge in [0.25, 0.3) is 0 Å². The molecule has 100 valence electrons. The van der Waals surface area contributed by atoms with Crippen LogP contribution in [-0.4, -0.2) is 9.86 Å². The molecule has 0 atom stereocenters. The van der Waals surface area contributed by atoms with Crippen molar-refractivity contribution in [1.82, 2.24) is 0 Å². The first-order valence-electron chi connectivity index (χ1n) is 7.56. The second-order valence-corrected chi connectivity index (χ2v) is 8.18. The normalized spacial score (nSPS) is 41.7. The summed E-state index contributed by atoms with van der Waals surface area (Å²) in [6, 6.07) is 0. The molecule has 18 heavy (non-hydrogen) atoms. The maximum Gasteiger partial charge on any atom is 0.193 e. The lowest BCUT2D eigenvalue weighted by Gasteiger charge is -2.56. The summed E-state index contributed by atoms with van der Waals surface area (Å²) in [6.07, 6.45) is 14.2. The molecule has 4 aliphatic rings. The van der Waals surface area contributed by atoms with Gasteiger partial charge in [-0.1, -0.05) is 30.8 Å². The fourth-order valence-corrected chi connectivity index (χ4v) is 6.41. The predicted molar refractivity (Wildman–Crippen MR) is 77.5 cm³/mol. The molecular weight excluding hydrogens is 240 g/mol. The molecule has 4 rings (SSSR count). The molecule has 0 N–H and O–H groups in total. The first kappa shape index (κ1) is 12.8. The van der Waals surface area contributed by atoms with Crippen LogP contribution >= 0.6 is 11.8 Å². The lowest BCUT2D eigenvalue weighted by Crippen LogP contribution is -2.49. The van der Waals surface area contributed by atoms with E-state index in [1.165, 1.54) is 38.5 Å². The minimum atomic E-state index is 0.353. The van der Waals surface area contributed by atoms with Crippen molar-refractivity contribution in [2.75, 3.05) is 0 Å². The van der Waals surface area contributed by atoms with E-state index in [1.54, 1.807) is 11.8 Å². The van der Waals surface area contributed by atoms with Gasteiger partial charge in [-0.25, -0.2) is 0 Å². The molecule has 1 nitrogen and oxygen atoms in total. The maximum atomic E-state index is 12.1. The molecule has 0 aromatic carbocycles. The third-order valence-corrected chi connectivity index (χ3v) is 6.33. The highest BCUT2D eigenvalue weighted by molar-refractivity contribution is 8.14. The highest BCUT2D eigenvalue weighted by atomic mass is 32.2. The van der Waals surface area contributed by atoms with E-state index in [4.69, 9.17) is 0 Å². The molecule has 2 heteroatoms. The Morgan fingerprint density at radius 1 is 1.11 bits per heavy atom. The fourth-order valence-electron chi connectivity index (χ4n) is 4.79. The standard InChI is InChI=1S/C16H24OS/c1-2-3-4-5-15(17)18-16-9-12-6-13(10-16)8-14(7-12)11-16/h3-4,12-14H,2,5-11H2,1H3/b4-3-. The Hall–Kier alpha value is -0.240. The average molecular weight is 264 g/mol. The van der Waals surface area contributed by atoms with Gasteiger partial charge in [-0.2, -0.15) is 0 Å². The largest absolute Gasteiger partial charge is 0.287 e. The van der Waals surface area contributed by atoms with E-state index in [0.29, 0.717) is 16.3 Å². The third kappa shape index (κ3) is 2.54. The van der Waals surface area contributed by atoms with E-state index in [2.05, 4.69) is 19.1 Å². The number of hydrogen-bond acceptors (Lipinski definition) is 2. The summed E-state index contributed by atoms with van der Waals surface area (Å²) in [7, 11) is 0. The van der Waals surface area contributed by atoms with E-state index in [0.717, 1.165) is 24.2 Å².